The average Bonchev–Trinajstić information content (AvgIpc) is 3.47. The van der Waals surface area contributed by atoms with Crippen molar-refractivity contribution >= 4 is 11.3 Å². The standard InChI is InChI=1S/C24H24N2O4S/c1-28-22-10-9-17(12-23(22)29-2)24-25-19(16-31-24)14-26(15-20-7-5-11-30-20)13-18-6-3-4-8-21(18)27/h3-12,16,27H,13-15H2,1-2H3. The van der Waals surface area contributed by atoms with Crippen LogP contribution in [0.25, 0.3) is 10.6 Å². The zero-order valence-electron chi connectivity index (χ0n) is 17.4. The van der Waals surface area contributed by atoms with Crippen LogP contribution >= 0.6 is 11.3 Å². The van der Waals surface area contributed by atoms with Crippen molar-refractivity contribution in [2.24, 2.45) is 0 Å². The Morgan fingerprint density at radius 3 is 2.55 bits per heavy atom. The Morgan fingerprint density at radius 1 is 0.968 bits per heavy atom. The van der Waals surface area contributed by atoms with E-state index in [1.807, 2.05) is 48.5 Å². The average molecular weight is 437 g/mol. The fourth-order valence-electron chi connectivity index (χ4n) is 3.39. The summed E-state index contributed by atoms with van der Waals surface area (Å²) in [5, 5.41) is 13.2. The van der Waals surface area contributed by atoms with Crippen LogP contribution in [0, 0.1) is 0 Å². The van der Waals surface area contributed by atoms with E-state index >= 15 is 0 Å². The first-order valence-corrected chi connectivity index (χ1v) is 10.7. The monoisotopic (exact) mass is 436 g/mol. The van der Waals surface area contributed by atoms with Crippen LogP contribution in [0.4, 0.5) is 0 Å². The van der Waals surface area contributed by atoms with Gasteiger partial charge in [-0.2, -0.15) is 0 Å². The summed E-state index contributed by atoms with van der Waals surface area (Å²) in [6, 6.07) is 17.0. The van der Waals surface area contributed by atoms with Gasteiger partial charge in [0.15, 0.2) is 11.5 Å². The van der Waals surface area contributed by atoms with Crippen LogP contribution in [0.1, 0.15) is 17.0 Å². The van der Waals surface area contributed by atoms with E-state index in [1.165, 1.54) is 0 Å². The van der Waals surface area contributed by atoms with Crippen molar-refractivity contribution in [3.05, 3.63) is 83.3 Å². The number of rotatable bonds is 9. The summed E-state index contributed by atoms with van der Waals surface area (Å²) in [6.07, 6.45) is 1.67. The number of phenolic OH excluding ortho intramolecular Hbond substituents is 1. The highest BCUT2D eigenvalue weighted by Gasteiger charge is 2.15. The van der Waals surface area contributed by atoms with E-state index in [0.717, 1.165) is 27.6 Å². The van der Waals surface area contributed by atoms with Gasteiger partial charge in [0.05, 0.1) is 32.7 Å². The predicted molar refractivity (Wildman–Crippen MR) is 120 cm³/mol. The lowest BCUT2D eigenvalue weighted by molar-refractivity contribution is 0.222. The van der Waals surface area contributed by atoms with E-state index < -0.39 is 0 Å². The van der Waals surface area contributed by atoms with Crippen molar-refractivity contribution in [3.63, 3.8) is 0 Å². The topological polar surface area (TPSA) is 68.0 Å². The van der Waals surface area contributed by atoms with E-state index in [9.17, 15) is 5.11 Å². The van der Waals surface area contributed by atoms with Crippen molar-refractivity contribution < 1.29 is 19.0 Å². The summed E-state index contributed by atoms with van der Waals surface area (Å²) in [6.45, 7) is 1.82. The molecule has 0 aliphatic heterocycles. The number of para-hydroxylation sites is 1. The highest BCUT2D eigenvalue weighted by Crippen LogP contribution is 2.34. The largest absolute Gasteiger partial charge is 0.508 e. The predicted octanol–water partition coefficient (Wildman–Crippen LogP) is 5.33. The Kier molecular flexibility index (Phi) is 6.54. The molecule has 0 aliphatic carbocycles. The minimum absolute atomic E-state index is 0.288. The molecule has 0 bridgehead atoms. The number of benzene rings is 2. The number of thiazole rings is 1. The first kappa shape index (κ1) is 21.0. The van der Waals surface area contributed by atoms with Crippen LogP contribution in [0.3, 0.4) is 0 Å². The lowest BCUT2D eigenvalue weighted by Crippen LogP contribution is -2.22. The molecule has 31 heavy (non-hydrogen) atoms. The molecule has 4 aromatic rings. The Hall–Kier alpha value is -3.29. The second-order valence-corrected chi connectivity index (χ2v) is 7.93. The summed E-state index contributed by atoms with van der Waals surface area (Å²) in [7, 11) is 3.25. The third-order valence-corrected chi connectivity index (χ3v) is 5.85. The van der Waals surface area contributed by atoms with Gasteiger partial charge in [-0.15, -0.1) is 11.3 Å². The fourth-order valence-corrected chi connectivity index (χ4v) is 4.19. The van der Waals surface area contributed by atoms with Crippen LogP contribution in [0.5, 0.6) is 17.2 Å². The van der Waals surface area contributed by atoms with E-state index in [2.05, 4.69) is 10.3 Å². The van der Waals surface area contributed by atoms with Gasteiger partial charge in [0.2, 0.25) is 0 Å². The quantitative estimate of drug-likeness (QED) is 0.383. The molecule has 4 rings (SSSR count). The van der Waals surface area contributed by atoms with Crippen molar-refractivity contribution in [1.29, 1.82) is 0 Å². The fraction of sp³-hybridized carbons (Fsp3) is 0.208. The first-order chi connectivity index (χ1) is 15.2. The molecule has 0 aliphatic rings. The van der Waals surface area contributed by atoms with Crippen molar-refractivity contribution in [2.75, 3.05) is 14.2 Å². The molecule has 0 radical (unpaired) electrons. The lowest BCUT2D eigenvalue weighted by atomic mass is 10.2. The SMILES string of the molecule is COc1ccc(-c2nc(CN(Cc3ccco3)Cc3ccccc3O)cs2)cc1OC. The Balaban J connectivity index is 1.55. The molecule has 2 heterocycles. The van der Waals surface area contributed by atoms with Gasteiger partial charge in [0.25, 0.3) is 0 Å². The summed E-state index contributed by atoms with van der Waals surface area (Å²) >= 11 is 1.59. The third kappa shape index (κ3) is 5.07. The van der Waals surface area contributed by atoms with Gasteiger partial charge in [-0.3, -0.25) is 4.90 Å². The van der Waals surface area contributed by atoms with Crippen LogP contribution in [0.15, 0.2) is 70.7 Å². The number of aromatic nitrogens is 1. The maximum Gasteiger partial charge on any atom is 0.161 e. The molecule has 0 atom stereocenters. The lowest BCUT2D eigenvalue weighted by Gasteiger charge is -2.21. The number of nitrogens with zero attached hydrogens (tertiary/aromatic N) is 2. The van der Waals surface area contributed by atoms with Crippen molar-refractivity contribution in [2.45, 2.75) is 19.6 Å². The van der Waals surface area contributed by atoms with Crippen molar-refractivity contribution in [3.8, 4) is 27.8 Å². The summed E-state index contributed by atoms with van der Waals surface area (Å²) < 4.78 is 16.3. The maximum absolute atomic E-state index is 10.2. The van der Waals surface area contributed by atoms with Crippen LogP contribution < -0.4 is 9.47 Å². The first-order valence-electron chi connectivity index (χ1n) is 9.84. The molecule has 7 heteroatoms. The van der Waals surface area contributed by atoms with Crippen LogP contribution in [-0.4, -0.2) is 29.2 Å². The molecule has 2 aromatic heterocycles. The summed E-state index contributed by atoms with van der Waals surface area (Å²) in [5.41, 5.74) is 2.80. The molecule has 0 saturated heterocycles. The zero-order valence-corrected chi connectivity index (χ0v) is 18.3. The highest BCUT2D eigenvalue weighted by molar-refractivity contribution is 7.13. The zero-order chi connectivity index (χ0) is 21.6. The maximum atomic E-state index is 10.2. The summed E-state index contributed by atoms with van der Waals surface area (Å²) in [4.78, 5) is 7.03. The number of hydrogen-bond donors (Lipinski definition) is 1. The number of furan rings is 1. The van der Waals surface area contributed by atoms with Gasteiger partial charge in [0, 0.05) is 29.6 Å². The molecule has 0 saturated carbocycles. The normalized spacial score (nSPS) is 11.1. The number of hydrogen-bond acceptors (Lipinski definition) is 7. The molecule has 0 fully saturated rings. The molecule has 2 aromatic carbocycles. The van der Waals surface area contributed by atoms with Crippen LogP contribution in [0.2, 0.25) is 0 Å². The van der Waals surface area contributed by atoms with Gasteiger partial charge < -0.3 is 19.0 Å². The van der Waals surface area contributed by atoms with Gasteiger partial charge in [-0.1, -0.05) is 18.2 Å². The van der Waals surface area contributed by atoms with E-state index in [0.29, 0.717) is 31.1 Å². The molecular weight excluding hydrogens is 412 g/mol. The molecule has 6 nitrogen and oxygen atoms in total. The van der Waals surface area contributed by atoms with E-state index in [4.69, 9.17) is 18.9 Å². The Labute approximate surface area is 185 Å². The van der Waals surface area contributed by atoms with E-state index in [1.54, 1.807) is 37.9 Å². The minimum Gasteiger partial charge on any atom is -0.508 e. The summed E-state index contributed by atoms with van der Waals surface area (Å²) in [5.74, 6) is 2.52. The third-order valence-electron chi connectivity index (χ3n) is 4.91. The van der Waals surface area contributed by atoms with E-state index in [-0.39, 0.29) is 5.75 Å². The second-order valence-electron chi connectivity index (χ2n) is 7.07. The van der Waals surface area contributed by atoms with Gasteiger partial charge >= 0.3 is 0 Å². The molecule has 0 amide bonds. The molecule has 1 N–H and O–H groups in total. The van der Waals surface area contributed by atoms with Crippen LogP contribution in [-0.2, 0) is 19.6 Å². The number of phenols is 1. The molecule has 0 unspecified atom stereocenters. The van der Waals surface area contributed by atoms with Gasteiger partial charge in [0.1, 0.15) is 16.5 Å². The molecule has 160 valence electrons. The number of aromatic hydroxyl groups is 1. The number of ether oxygens (including phenoxy) is 2. The molecular formula is C24H24N2O4S. The Bertz CT molecular complexity index is 1120. The second kappa shape index (κ2) is 9.68. The van der Waals surface area contributed by atoms with Gasteiger partial charge in [-0.05, 0) is 36.4 Å². The Morgan fingerprint density at radius 2 is 1.81 bits per heavy atom. The minimum atomic E-state index is 0.288. The van der Waals surface area contributed by atoms with Gasteiger partial charge in [-0.25, -0.2) is 4.98 Å². The smallest absolute Gasteiger partial charge is 0.161 e. The highest BCUT2D eigenvalue weighted by atomic mass is 32.1. The molecule has 0 spiro atoms. The number of methoxy groups -OCH3 is 2. The van der Waals surface area contributed by atoms with Crippen molar-refractivity contribution in [1.82, 2.24) is 9.88 Å².